The van der Waals surface area contributed by atoms with Crippen molar-refractivity contribution in [3.05, 3.63) is 12.7 Å². The third kappa shape index (κ3) is 5.51. The summed E-state index contributed by atoms with van der Waals surface area (Å²) < 4.78 is 6.52. The summed E-state index contributed by atoms with van der Waals surface area (Å²) in [7, 11) is -1.95. The first kappa shape index (κ1) is 20.8. The lowest BCUT2D eigenvalue weighted by Gasteiger charge is -2.44. The number of hydrogen-bond donors (Lipinski definition) is 2. The molecule has 0 aromatic rings. The van der Waals surface area contributed by atoms with Gasteiger partial charge >= 0.3 is 0 Å². The molecule has 0 bridgehead atoms. The highest BCUT2D eigenvalue weighted by atomic mass is 28.4. The molecule has 0 aliphatic rings. The molecule has 0 saturated carbocycles. The highest BCUT2D eigenvalue weighted by Gasteiger charge is 2.42. The Bertz CT molecular complexity index is 322. The van der Waals surface area contributed by atoms with Crippen LogP contribution in [0.5, 0.6) is 0 Å². The van der Waals surface area contributed by atoms with Gasteiger partial charge in [-0.05, 0) is 18.1 Å². The van der Waals surface area contributed by atoms with Gasteiger partial charge in [-0.3, -0.25) is 0 Å². The molecule has 0 spiro atoms. The predicted molar refractivity (Wildman–Crippen MR) is 92.9 cm³/mol. The van der Waals surface area contributed by atoms with Gasteiger partial charge < -0.3 is 14.6 Å². The Morgan fingerprint density at radius 3 is 2.00 bits per heavy atom. The Labute approximate surface area is 132 Å². The van der Waals surface area contributed by atoms with E-state index in [1.54, 1.807) is 6.08 Å². The maximum Gasteiger partial charge on any atom is 0.192 e. The van der Waals surface area contributed by atoms with Crippen molar-refractivity contribution in [1.82, 2.24) is 0 Å². The lowest BCUT2D eigenvalue weighted by atomic mass is 9.84. The average Bonchev–Trinajstić information content (AvgIpc) is 2.40. The van der Waals surface area contributed by atoms with Crippen molar-refractivity contribution in [3.8, 4) is 0 Å². The van der Waals surface area contributed by atoms with E-state index in [2.05, 4.69) is 40.4 Å². The van der Waals surface area contributed by atoms with Crippen molar-refractivity contribution in [2.45, 2.75) is 71.9 Å². The zero-order chi connectivity index (χ0) is 17.0. The van der Waals surface area contributed by atoms with Gasteiger partial charge in [-0.1, -0.05) is 47.6 Å². The molecule has 0 fully saturated rings. The normalized spacial score (nSPS) is 20.5. The van der Waals surface area contributed by atoms with E-state index in [1.807, 2.05) is 20.8 Å². The summed E-state index contributed by atoms with van der Waals surface area (Å²) in [6.07, 6.45) is 1.12. The Morgan fingerprint density at radius 1 is 1.19 bits per heavy atom. The van der Waals surface area contributed by atoms with Crippen molar-refractivity contribution >= 4 is 8.32 Å². The molecule has 0 rings (SSSR count). The summed E-state index contributed by atoms with van der Waals surface area (Å²) in [6, 6.07) is 0. The molecule has 4 heteroatoms. The van der Waals surface area contributed by atoms with E-state index in [4.69, 9.17) is 4.43 Å². The van der Waals surface area contributed by atoms with Crippen LogP contribution >= 0.6 is 0 Å². The maximum absolute atomic E-state index is 10.5. The molecular weight excluding hydrogens is 280 g/mol. The van der Waals surface area contributed by atoms with E-state index in [0.717, 1.165) is 0 Å². The van der Waals surface area contributed by atoms with Crippen LogP contribution in [0.25, 0.3) is 0 Å². The zero-order valence-corrected chi connectivity index (χ0v) is 16.2. The van der Waals surface area contributed by atoms with Crippen molar-refractivity contribution < 1.29 is 14.6 Å². The fourth-order valence-corrected chi connectivity index (χ4v) is 3.66. The number of aliphatic hydroxyl groups excluding tert-OH is 2. The highest BCUT2D eigenvalue weighted by molar-refractivity contribution is 6.74. The van der Waals surface area contributed by atoms with Gasteiger partial charge in [0.1, 0.15) is 0 Å². The van der Waals surface area contributed by atoms with Crippen LogP contribution in [0.4, 0.5) is 0 Å². The molecule has 5 atom stereocenters. The highest BCUT2D eigenvalue weighted by Crippen LogP contribution is 2.39. The first-order valence-corrected chi connectivity index (χ1v) is 10.9. The van der Waals surface area contributed by atoms with Gasteiger partial charge in [0.05, 0.1) is 12.2 Å². The monoisotopic (exact) mass is 316 g/mol. The molecule has 126 valence electrons. The second-order valence-electron chi connectivity index (χ2n) is 7.95. The quantitative estimate of drug-likeness (QED) is 0.528. The van der Waals surface area contributed by atoms with Crippen LogP contribution in [0.1, 0.15) is 41.5 Å². The zero-order valence-electron chi connectivity index (χ0n) is 15.2. The molecule has 0 aliphatic carbocycles. The van der Waals surface area contributed by atoms with Crippen LogP contribution in [0.2, 0.25) is 18.1 Å². The van der Waals surface area contributed by atoms with E-state index >= 15 is 0 Å². The van der Waals surface area contributed by atoms with Crippen LogP contribution in [-0.2, 0) is 4.43 Å². The Morgan fingerprint density at radius 2 is 1.67 bits per heavy atom. The predicted octanol–water partition coefficient (Wildman–Crippen LogP) is 3.82. The van der Waals surface area contributed by atoms with Crippen LogP contribution < -0.4 is 0 Å². The second kappa shape index (κ2) is 7.91. The fraction of sp³-hybridized carbons (Fsp3) is 0.882. The summed E-state index contributed by atoms with van der Waals surface area (Å²) in [6.45, 7) is 20.8. The molecule has 0 radical (unpaired) electrons. The Balaban J connectivity index is 5.27. The summed E-state index contributed by atoms with van der Waals surface area (Å²) >= 11 is 0. The minimum atomic E-state index is -1.95. The van der Waals surface area contributed by atoms with Gasteiger partial charge in [0, 0.05) is 24.4 Å². The lowest BCUT2D eigenvalue weighted by molar-refractivity contribution is -0.0243. The lowest BCUT2D eigenvalue weighted by Crippen LogP contribution is -2.50. The Hall–Kier alpha value is -0.163. The summed E-state index contributed by atoms with van der Waals surface area (Å²) in [4.78, 5) is 0. The third-order valence-corrected chi connectivity index (χ3v) is 9.53. The number of rotatable bonds is 8. The van der Waals surface area contributed by atoms with E-state index in [-0.39, 0.29) is 35.5 Å². The molecule has 0 aromatic carbocycles. The summed E-state index contributed by atoms with van der Waals surface area (Å²) in [5.41, 5.74) is 0. The molecule has 0 amide bonds. The van der Waals surface area contributed by atoms with Gasteiger partial charge in [0.2, 0.25) is 0 Å². The van der Waals surface area contributed by atoms with Crippen molar-refractivity contribution in [1.29, 1.82) is 0 Å². The van der Waals surface area contributed by atoms with Gasteiger partial charge in [0.25, 0.3) is 0 Å². The van der Waals surface area contributed by atoms with E-state index < -0.39 is 14.4 Å². The van der Waals surface area contributed by atoms with Gasteiger partial charge in [-0.2, -0.15) is 0 Å². The largest absolute Gasteiger partial charge is 0.413 e. The van der Waals surface area contributed by atoms with Crippen molar-refractivity contribution in [3.63, 3.8) is 0 Å². The van der Waals surface area contributed by atoms with Gasteiger partial charge in [0.15, 0.2) is 8.32 Å². The Kier molecular flexibility index (Phi) is 7.85. The topological polar surface area (TPSA) is 49.7 Å². The number of aliphatic hydroxyl groups is 2. The second-order valence-corrected chi connectivity index (χ2v) is 12.7. The minimum Gasteiger partial charge on any atom is -0.413 e. The van der Waals surface area contributed by atoms with Crippen molar-refractivity contribution in [2.75, 3.05) is 6.61 Å². The molecular formula is C17H36O3Si. The average molecular weight is 317 g/mol. The van der Waals surface area contributed by atoms with Crippen LogP contribution in [-0.4, -0.2) is 37.3 Å². The summed E-state index contributed by atoms with van der Waals surface area (Å²) in [5, 5.41) is 20.2. The maximum atomic E-state index is 10.5. The molecule has 3 nitrogen and oxygen atoms in total. The molecule has 0 saturated heterocycles. The van der Waals surface area contributed by atoms with E-state index in [1.165, 1.54) is 0 Å². The fourth-order valence-electron chi connectivity index (χ4n) is 2.18. The first-order valence-electron chi connectivity index (χ1n) is 7.98. The molecule has 21 heavy (non-hydrogen) atoms. The van der Waals surface area contributed by atoms with Crippen LogP contribution in [0, 0.1) is 17.8 Å². The number of hydrogen-bond acceptors (Lipinski definition) is 3. The third-order valence-electron chi connectivity index (χ3n) is 5.05. The molecule has 2 N–H and O–H groups in total. The molecule has 0 heterocycles. The summed E-state index contributed by atoms with van der Waals surface area (Å²) in [5.74, 6) is -0.0357. The van der Waals surface area contributed by atoms with Gasteiger partial charge in [-0.15, -0.1) is 6.58 Å². The molecule has 0 unspecified atom stereocenters. The molecule has 0 aliphatic heterocycles. The minimum absolute atomic E-state index is 0.000732. The smallest absolute Gasteiger partial charge is 0.192 e. The van der Waals surface area contributed by atoms with Crippen molar-refractivity contribution in [2.24, 2.45) is 17.8 Å². The standard InChI is InChI=1S/C17H36O3Si/c1-10-12(2)15(19)14(4)16(13(3)11-18)20-21(8,9)17(5,6)7/h10,12-16,18-19H,1,11H2,2-9H3/t12-,13-,14+,15-,16-/m1/s1. The van der Waals surface area contributed by atoms with E-state index in [9.17, 15) is 10.2 Å². The molecule has 0 aromatic heterocycles. The first-order chi connectivity index (χ1) is 9.39. The van der Waals surface area contributed by atoms with Crippen LogP contribution in [0.15, 0.2) is 12.7 Å². The SMILES string of the molecule is C=C[C@@H](C)[C@@H](O)[C@H](C)[C@H](O[Si](C)(C)C(C)(C)C)[C@H](C)CO. The van der Waals surface area contributed by atoms with E-state index in [0.29, 0.717) is 0 Å². The van der Waals surface area contributed by atoms with Gasteiger partial charge in [-0.25, -0.2) is 0 Å². The van der Waals surface area contributed by atoms with Crippen LogP contribution in [0.3, 0.4) is 0 Å².